The highest BCUT2D eigenvalue weighted by Crippen LogP contribution is 2.18. The van der Waals surface area contributed by atoms with Gasteiger partial charge in [-0.3, -0.25) is 9.59 Å². The van der Waals surface area contributed by atoms with E-state index in [0.29, 0.717) is 16.3 Å². The summed E-state index contributed by atoms with van der Waals surface area (Å²) < 4.78 is 0. The molecule has 6 heteroatoms. The molecule has 0 bridgehead atoms. The van der Waals surface area contributed by atoms with Crippen LogP contribution in [0.2, 0.25) is 5.02 Å². The van der Waals surface area contributed by atoms with Crippen LogP contribution in [0.3, 0.4) is 0 Å². The maximum atomic E-state index is 13.0. The number of hydrogen-bond acceptors (Lipinski definition) is 3. The summed E-state index contributed by atoms with van der Waals surface area (Å²) in [5.74, 6) is -0.637. The van der Waals surface area contributed by atoms with Gasteiger partial charge < -0.3 is 15.7 Å². The molecule has 3 aromatic rings. The van der Waals surface area contributed by atoms with E-state index >= 15 is 0 Å². The Balaban J connectivity index is 1.83. The summed E-state index contributed by atoms with van der Waals surface area (Å²) in [5, 5.41) is 15.5. The van der Waals surface area contributed by atoms with E-state index in [-0.39, 0.29) is 18.1 Å². The number of para-hydroxylation sites is 1. The lowest BCUT2D eigenvalue weighted by Gasteiger charge is -2.20. The summed E-state index contributed by atoms with van der Waals surface area (Å²) in [5.41, 5.74) is 2.70. The lowest BCUT2D eigenvalue weighted by atomic mass is 10.0. The van der Waals surface area contributed by atoms with Crippen molar-refractivity contribution in [3.8, 4) is 5.75 Å². The zero-order valence-electron chi connectivity index (χ0n) is 15.9. The Labute approximate surface area is 174 Å². The minimum absolute atomic E-state index is 0.134. The van der Waals surface area contributed by atoms with Crippen LogP contribution in [0.4, 0.5) is 5.69 Å². The number of aromatic hydroxyl groups is 1. The first-order chi connectivity index (χ1) is 13.9. The highest BCUT2D eigenvalue weighted by Gasteiger charge is 2.23. The van der Waals surface area contributed by atoms with Crippen molar-refractivity contribution in [2.45, 2.75) is 19.4 Å². The first-order valence-electron chi connectivity index (χ1n) is 9.14. The number of amides is 2. The number of halogens is 1. The molecule has 0 aliphatic carbocycles. The maximum absolute atomic E-state index is 13.0. The number of nitrogens with one attached hydrogen (secondary N) is 2. The molecular weight excluding hydrogens is 388 g/mol. The zero-order chi connectivity index (χ0) is 20.8. The summed E-state index contributed by atoms with van der Waals surface area (Å²) in [6.07, 6.45) is 0.258. The Kier molecular flexibility index (Phi) is 6.52. The number of carbonyl (C=O) groups excluding carboxylic acids is 2. The molecule has 3 N–H and O–H groups in total. The highest BCUT2D eigenvalue weighted by atomic mass is 35.5. The number of phenolic OH excluding ortho intramolecular Hbond substituents is 1. The molecule has 5 nitrogen and oxygen atoms in total. The first kappa shape index (κ1) is 20.4. The molecule has 0 unspecified atom stereocenters. The van der Waals surface area contributed by atoms with Gasteiger partial charge in [-0.25, -0.2) is 0 Å². The number of anilines is 1. The molecule has 0 heterocycles. The molecule has 2 amide bonds. The van der Waals surface area contributed by atoms with Gasteiger partial charge in [-0.15, -0.1) is 0 Å². The number of aryl methyl sites for hydroxylation is 1. The van der Waals surface area contributed by atoms with E-state index < -0.39 is 11.9 Å². The number of rotatable bonds is 6. The largest absolute Gasteiger partial charge is 0.508 e. The molecule has 0 radical (unpaired) electrons. The fourth-order valence-corrected chi connectivity index (χ4v) is 3.11. The van der Waals surface area contributed by atoms with Gasteiger partial charge in [0.15, 0.2) is 0 Å². The third kappa shape index (κ3) is 5.36. The van der Waals surface area contributed by atoms with Crippen LogP contribution in [-0.2, 0) is 11.2 Å². The van der Waals surface area contributed by atoms with E-state index in [1.54, 1.807) is 54.6 Å². The lowest BCUT2D eigenvalue weighted by Crippen LogP contribution is -2.45. The van der Waals surface area contributed by atoms with Crippen molar-refractivity contribution in [2.75, 3.05) is 5.32 Å². The van der Waals surface area contributed by atoms with Crippen molar-refractivity contribution >= 4 is 29.1 Å². The standard InChI is InChI=1S/C23H21ClN2O3/c1-15-6-2-5-9-20(15)25-23(29)21(14-16-10-12-17(27)13-11-16)26-22(28)18-7-3-4-8-19(18)24/h2-13,21,27H,14H2,1H3,(H,25,29)(H,26,28)/t21-/m1/s1. The molecule has 0 spiro atoms. The summed E-state index contributed by atoms with van der Waals surface area (Å²) in [7, 11) is 0. The van der Waals surface area contributed by atoms with Crippen molar-refractivity contribution in [1.82, 2.24) is 5.32 Å². The van der Waals surface area contributed by atoms with Gasteiger partial charge >= 0.3 is 0 Å². The molecule has 1 atom stereocenters. The molecule has 0 fully saturated rings. The average molecular weight is 409 g/mol. The average Bonchev–Trinajstić information content (AvgIpc) is 2.71. The molecular formula is C23H21ClN2O3. The summed E-state index contributed by atoms with van der Waals surface area (Å²) in [6, 6.07) is 19.8. The molecule has 0 aliphatic heterocycles. The Morgan fingerprint density at radius 2 is 1.62 bits per heavy atom. The lowest BCUT2D eigenvalue weighted by molar-refractivity contribution is -0.118. The van der Waals surface area contributed by atoms with Crippen LogP contribution < -0.4 is 10.6 Å². The monoisotopic (exact) mass is 408 g/mol. The van der Waals surface area contributed by atoms with Crippen molar-refractivity contribution in [1.29, 1.82) is 0 Å². The second-order valence-corrected chi connectivity index (χ2v) is 7.09. The molecule has 0 saturated carbocycles. The molecule has 0 saturated heterocycles. The minimum atomic E-state index is -0.831. The van der Waals surface area contributed by atoms with Gasteiger partial charge in [0, 0.05) is 12.1 Å². The molecule has 29 heavy (non-hydrogen) atoms. The Morgan fingerprint density at radius 3 is 2.31 bits per heavy atom. The Bertz CT molecular complexity index is 1020. The molecule has 3 aromatic carbocycles. The minimum Gasteiger partial charge on any atom is -0.508 e. The summed E-state index contributed by atoms with van der Waals surface area (Å²) in [4.78, 5) is 25.7. The van der Waals surface area contributed by atoms with Crippen LogP contribution in [0.25, 0.3) is 0 Å². The summed E-state index contributed by atoms with van der Waals surface area (Å²) in [6.45, 7) is 1.90. The van der Waals surface area contributed by atoms with Crippen molar-refractivity contribution in [2.24, 2.45) is 0 Å². The van der Waals surface area contributed by atoms with Crippen LogP contribution in [0.1, 0.15) is 21.5 Å². The normalized spacial score (nSPS) is 11.5. The van der Waals surface area contributed by atoms with E-state index in [4.69, 9.17) is 11.6 Å². The summed E-state index contributed by atoms with van der Waals surface area (Å²) >= 11 is 6.12. The van der Waals surface area contributed by atoms with E-state index in [9.17, 15) is 14.7 Å². The molecule has 148 valence electrons. The number of phenols is 1. The highest BCUT2D eigenvalue weighted by molar-refractivity contribution is 6.33. The van der Waals surface area contributed by atoms with Gasteiger partial charge in [-0.05, 0) is 48.4 Å². The molecule has 0 aromatic heterocycles. The van der Waals surface area contributed by atoms with Gasteiger partial charge in [0.1, 0.15) is 11.8 Å². The van der Waals surface area contributed by atoms with Gasteiger partial charge in [-0.2, -0.15) is 0 Å². The first-order valence-corrected chi connectivity index (χ1v) is 9.51. The predicted octanol–water partition coefficient (Wildman–Crippen LogP) is 4.33. The predicted molar refractivity (Wildman–Crippen MR) is 114 cm³/mol. The van der Waals surface area contributed by atoms with Crippen molar-refractivity contribution in [3.05, 3.63) is 94.5 Å². The quantitative estimate of drug-likeness (QED) is 0.568. The molecule has 0 aliphatic rings. The fourth-order valence-electron chi connectivity index (χ4n) is 2.89. The van der Waals surface area contributed by atoms with Gasteiger partial charge in [0.05, 0.1) is 10.6 Å². The van der Waals surface area contributed by atoms with Gasteiger partial charge in [0.25, 0.3) is 5.91 Å². The van der Waals surface area contributed by atoms with Crippen LogP contribution in [0.5, 0.6) is 5.75 Å². The smallest absolute Gasteiger partial charge is 0.253 e. The number of carbonyl (C=O) groups is 2. The number of benzene rings is 3. The van der Waals surface area contributed by atoms with E-state index in [1.807, 2.05) is 25.1 Å². The Hall–Kier alpha value is -3.31. The topological polar surface area (TPSA) is 78.4 Å². The van der Waals surface area contributed by atoms with E-state index in [2.05, 4.69) is 10.6 Å². The second-order valence-electron chi connectivity index (χ2n) is 6.68. The SMILES string of the molecule is Cc1ccccc1NC(=O)[C@@H](Cc1ccc(O)cc1)NC(=O)c1ccccc1Cl. The third-order valence-corrected chi connectivity index (χ3v) is 4.85. The Morgan fingerprint density at radius 1 is 0.966 bits per heavy atom. The van der Waals surface area contributed by atoms with Gasteiger partial charge in [0.2, 0.25) is 5.91 Å². The van der Waals surface area contributed by atoms with E-state index in [1.165, 1.54) is 0 Å². The second kappa shape index (κ2) is 9.26. The van der Waals surface area contributed by atoms with Crippen LogP contribution >= 0.6 is 11.6 Å². The number of hydrogen-bond donors (Lipinski definition) is 3. The van der Waals surface area contributed by atoms with Crippen LogP contribution in [-0.4, -0.2) is 23.0 Å². The fraction of sp³-hybridized carbons (Fsp3) is 0.130. The van der Waals surface area contributed by atoms with E-state index in [0.717, 1.165) is 11.1 Å². The van der Waals surface area contributed by atoms with Crippen molar-refractivity contribution in [3.63, 3.8) is 0 Å². The van der Waals surface area contributed by atoms with Gasteiger partial charge in [-0.1, -0.05) is 54.1 Å². The maximum Gasteiger partial charge on any atom is 0.253 e. The van der Waals surface area contributed by atoms with Crippen LogP contribution in [0.15, 0.2) is 72.8 Å². The zero-order valence-corrected chi connectivity index (χ0v) is 16.6. The van der Waals surface area contributed by atoms with Crippen molar-refractivity contribution < 1.29 is 14.7 Å². The third-order valence-electron chi connectivity index (χ3n) is 4.52. The molecule has 3 rings (SSSR count). The van der Waals surface area contributed by atoms with Crippen LogP contribution in [0, 0.1) is 6.92 Å².